The van der Waals surface area contributed by atoms with Crippen LogP contribution in [0.1, 0.15) is 5.56 Å². The Morgan fingerprint density at radius 1 is 1.37 bits per heavy atom. The fourth-order valence-electron chi connectivity index (χ4n) is 1.31. The third-order valence-electron chi connectivity index (χ3n) is 2.21. The first-order valence-electron chi connectivity index (χ1n) is 5.32. The maximum Gasteiger partial charge on any atom is 0.347 e. The van der Waals surface area contributed by atoms with E-state index >= 15 is 0 Å². The molecule has 2 N–H and O–H groups in total. The third kappa shape index (κ3) is 3.15. The number of oxime groups is 1. The number of nitrogens with zero attached hydrogens (tertiary/aromatic N) is 3. The molecule has 19 heavy (non-hydrogen) atoms. The average molecular weight is 262 g/mol. The smallest absolute Gasteiger partial charge is 0.347 e. The van der Waals surface area contributed by atoms with E-state index in [-0.39, 0.29) is 11.8 Å². The number of para-hydroxylation sites is 1. The molecule has 0 unspecified atom stereocenters. The standard InChI is InChI=1S/C12H11FN4O2/c1-18-10-5-3-2-4-8(10)6-16-19-12-15-7-9(13)11(14)17-12/h2-7H,1H3,(H2,14,15,17)/b16-6+. The first-order valence-corrected chi connectivity index (χ1v) is 5.32. The topological polar surface area (TPSA) is 82.6 Å². The molecule has 0 spiro atoms. The van der Waals surface area contributed by atoms with Gasteiger partial charge in [0.25, 0.3) is 0 Å². The third-order valence-corrected chi connectivity index (χ3v) is 2.21. The lowest BCUT2D eigenvalue weighted by atomic mass is 10.2. The van der Waals surface area contributed by atoms with Crippen molar-refractivity contribution < 1.29 is 14.0 Å². The largest absolute Gasteiger partial charge is 0.496 e. The highest BCUT2D eigenvalue weighted by Gasteiger charge is 2.03. The zero-order chi connectivity index (χ0) is 13.7. The molecule has 0 radical (unpaired) electrons. The molecule has 98 valence electrons. The van der Waals surface area contributed by atoms with Crippen molar-refractivity contribution in [2.24, 2.45) is 5.16 Å². The first kappa shape index (κ1) is 12.7. The van der Waals surface area contributed by atoms with Crippen molar-refractivity contribution in [2.75, 3.05) is 12.8 Å². The van der Waals surface area contributed by atoms with Gasteiger partial charge in [-0.3, -0.25) is 0 Å². The Labute approximate surface area is 108 Å². The molecule has 2 rings (SSSR count). The van der Waals surface area contributed by atoms with Crippen LogP contribution >= 0.6 is 0 Å². The number of ether oxygens (including phenoxy) is 1. The van der Waals surface area contributed by atoms with Gasteiger partial charge in [-0.1, -0.05) is 17.3 Å². The Balaban J connectivity index is 2.09. The molecule has 0 aliphatic carbocycles. The quantitative estimate of drug-likeness (QED) is 0.668. The Bertz CT molecular complexity index is 604. The summed E-state index contributed by atoms with van der Waals surface area (Å²) in [7, 11) is 1.55. The van der Waals surface area contributed by atoms with Crippen LogP contribution in [0.15, 0.2) is 35.6 Å². The highest BCUT2D eigenvalue weighted by Crippen LogP contribution is 2.15. The van der Waals surface area contributed by atoms with Crippen molar-refractivity contribution in [1.82, 2.24) is 9.97 Å². The minimum atomic E-state index is -0.707. The van der Waals surface area contributed by atoms with E-state index < -0.39 is 5.82 Å². The fourth-order valence-corrected chi connectivity index (χ4v) is 1.31. The van der Waals surface area contributed by atoms with Crippen molar-refractivity contribution in [3.05, 3.63) is 41.8 Å². The normalized spacial score (nSPS) is 10.6. The van der Waals surface area contributed by atoms with Gasteiger partial charge in [-0.2, -0.15) is 9.97 Å². The summed E-state index contributed by atoms with van der Waals surface area (Å²) >= 11 is 0. The molecule has 6 nitrogen and oxygen atoms in total. The van der Waals surface area contributed by atoms with Crippen molar-refractivity contribution in [3.63, 3.8) is 0 Å². The maximum atomic E-state index is 12.8. The lowest BCUT2D eigenvalue weighted by Gasteiger charge is -2.02. The molecule has 1 heterocycles. The summed E-state index contributed by atoms with van der Waals surface area (Å²) in [4.78, 5) is 12.0. The summed E-state index contributed by atoms with van der Waals surface area (Å²) in [5.74, 6) is -0.354. The summed E-state index contributed by atoms with van der Waals surface area (Å²) in [6.45, 7) is 0. The van der Waals surface area contributed by atoms with Gasteiger partial charge in [0.05, 0.1) is 19.5 Å². The van der Waals surface area contributed by atoms with E-state index in [1.807, 2.05) is 12.1 Å². The van der Waals surface area contributed by atoms with E-state index in [1.165, 1.54) is 6.21 Å². The minimum Gasteiger partial charge on any atom is -0.496 e. The SMILES string of the molecule is COc1ccccc1/C=N/Oc1ncc(F)c(N)n1. The van der Waals surface area contributed by atoms with Crippen LogP contribution in [0.4, 0.5) is 10.2 Å². The minimum absolute atomic E-state index is 0.134. The Hall–Kier alpha value is -2.70. The van der Waals surface area contributed by atoms with Crippen molar-refractivity contribution in [1.29, 1.82) is 0 Å². The maximum absolute atomic E-state index is 12.8. The number of methoxy groups -OCH3 is 1. The Morgan fingerprint density at radius 3 is 2.89 bits per heavy atom. The van der Waals surface area contributed by atoms with Gasteiger partial charge in [-0.15, -0.1) is 0 Å². The summed E-state index contributed by atoms with van der Waals surface area (Å²) in [5.41, 5.74) is 5.99. The monoisotopic (exact) mass is 262 g/mol. The van der Waals surface area contributed by atoms with Crippen LogP contribution in [0, 0.1) is 5.82 Å². The van der Waals surface area contributed by atoms with Crippen molar-refractivity contribution in [2.45, 2.75) is 0 Å². The Kier molecular flexibility index (Phi) is 3.87. The van der Waals surface area contributed by atoms with Crippen molar-refractivity contribution >= 4 is 12.0 Å². The van der Waals surface area contributed by atoms with E-state index in [1.54, 1.807) is 19.2 Å². The van der Waals surface area contributed by atoms with Crippen LogP contribution in [0.5, 0.6) is 11.8 Å². The number of halogens is 1. The molecule has 1 aromatic heterocycles. The van der Waals surface area contributed by atoms with E-state index in [4.69, 9.17) is 15.3 Å². The predicted molar refractivity (Wildman–Crippen MR) is 67.6 cm³/mol. The van der Waals surface area contributed by atoms with Gasteiger partial charge in [0.15, 0.2) is 11.6 Å². The molecule has 0 amide bonds. The molecular formula is C12H11FN4O2. The van der Waals surface area contributed by atoms with Gasteiger partial charge in [0, 0.05) is 5.56 Å². The van der Waals surface area contributed by atoms with Crippen molar-refractivity contribution in [3.8, 4) is 11.8 Å². The van der Waals surface area contributed by atoms with E-state index in [0.717, 1.165) is 11.8 Å². The van der Waals surface area contributed by atoms with E-state index in [0.29, 0.717) is 5.75 Å². The lowest BCUT2D eigenvalue weighted by Crippen LogP contribution is -2.00. The van der Waals surface area contributed by atoms with E-state index in [2.05, 4.69) is 15.1 Å². The molecule has 0 saturated carbocycles. The van der Waals surface area contributed by atoms with Crippen LogP contribution in [-0.2, 0) is 0 Å². The van der Waals surface area contributed by atoms with Gasteiger partial charge >= 0.3 is 6.01 Å². The molecule has 0 fully saturated rings. The average Bonchev–Trinajstić information content (AvgIpc) is 2.43. The number of nitrogens with two attached hydrogens (primary N) is 1. The number of benzene rings is 1. The molecule has 1 aromatic carbocycles. The predicted octanol–water partition coefficient (Wildman–Crippen LogP) is 1.62. The summed E-state index contributed by atoms with van der Waals surface area (Å²) in [6.07, 6.45) is 2.35. The fraction of sp³-hybridized carbons (Fsp3) is 0.0833. The number of rotatable bonds is 4. The summed E-state index contributed by atoms with van der Waals surface area (Å²) in [5, 5.41) is 3.68. The highest BCUT2D eigenvalue weighted by molar-refractivity contribution is 5.83. The van der Waals surface area contributed by atoms with Crippen LogP contribution < -0.4 is 15.3 Å². The zero-order valence-corrected chi connectivity index (χ0v) is 10.1. The zero-order valence-electron chi connectivity index (χ0n) is 10.1. The molecule has 0 bridgehead atoms. The van der Waals surface area contributed by atoms with Gasteiger partial charge in [0.2, 0.25) is 0 Å². The van der Waals surface area contributed by atoms with Crippen LogP contribution in [0.3, 0.4) is 0 Å². The number of hydrogen-bond acceptors (Lipinski definition) is 6. The van der Waals surface area contributed by atoms with Gasteiger partial charge < -0.3 is 15.3 Å². The summed E-state index contributed by atoms with van der Waals surface area (Å²) in [6, 6.07) is 7.11. The van der Waals surface area contributed by atoms with Gasteiger partial charge in [-0.05, 0) is 12.1 Å². The number of aromatic nitrogens is 2. The number of anilines is 1. The lowest BCUT2D eigenvalue weighted by molar-refractivity contribution is 0.313. The van der Waals surface area contributed by atoms with Crippen LogP contribution in [-0.4, -0.2) is 23.3 Å². The summed E-state index contributed by atoms with van der Waals surface area (Å²) < 4.78 is 18.0. The highest BCUT2D eigenvalue weighted by atomic mass is 19.1. The second-order valence-corrected chi connectivity index (χ2v) is 3.45. The van der Waals surface area contributed by atoms with E-state index in [9.17, 15) is 4.39 Å². The molecule has 2 aromatic rings. The van der Waals surface area contributed by atoms with Gasteiger partial charge in [0.1, 0.15) is 5.75 Å². The number of nitrogen functional groups attached to an aromatic ring is 1. The molecule has 0 aliphatic rings. The second kappa shape index (κ2) is 5.76. The second-order valence-electron chi connectivity index (χ2n) is 3.45. The number of hydrogen-bond donors (Lipinski definition) is 1. The molecule has 0 atom stereocenters. The Morgan fingerprint density at radius 2 is 2.16 bits per heavy atom. The molecular weight excluding hydrogens is 251 g/mol. The molecule has 7 heteroatoms. The molecule has 0 saturated heterocycles. The van der Waals surface area contributed by atoms with Gasteiger partial charge in [-0.25, -0.2) is 4.39 Å². The first-order chi connectivity index (χ1) is 9.20. The van der Waals surface area contributed by atoms with Crippen LogP contribution in [0.25, 0.3) is 0 Å². The van der Waals surface area contributed by atoms with Crippen LogP contribution in [0.2, 0.25) is 0 Å². The molecule has 0 aliphatic heterocycles.